The average Bonchev–Trinajstić information content (AvgIpc) is 3.92. The van der Waals surface area contributed by atoms with E-state index in [-0.39, 0.29) is 0 Å². The maximum atomic E-state index is 5.65. The van der Waals surface area contributed by atoms with E-state index < -0.39 is 0 Å². The lowest BCUT2D eigenvalue weighted by Gasteiger charge is -2.19. The second kappa shape index (κ2) is 15.8. The summed E-state index contributed by atoms with van der Waals surface area (Å²) in [5, 5.41) is 5.30. The van der Waals surface area contributed by atoms with Crippen LogP contribution in [-0.4, -0.2) is 125 Å². The van der Waals surface area contributed by atoms with Gasteiger partial charge in [-0.25, -0.2) is 15.0 Å². The van der Waals surface area contributed by atoms with Crippen molar-refractivity contribution in [2.75, 3.05) is 0 Å². The molecule has 7 aromatic carbocycles. The molecule has 0 spiro atoms. The van der Waals surface area contributed by atoms with Gasteiger partial charge in [-0.05, 0) is 44.5 Å². The van der Waals surface area contributed by atoms with Gasteiger partial charge in [0.25, 0.3) is 0 Å². The van der Waals surface area contributed by atoms with Gasteiger partial charge in [0, 0.05) is 40.9 Å². The third kappa shape index (κ3) is 6.38. The van der Waals surface area contributed by atoms with E-state index >= 15 is 0 Å². The predicted molar refractivity (Wildman–Crippen MR) is 327 cm³/mol. The highest BCUT2D eigenvalue weighted by Crippen LogP contribution is 2.37. The van der Waals surface area contributed by atoms with Crippen LogP contribution in [0, 0.1) is 0 Å². The summed E-state index contributed by atoms with van der Waals surface area (Å²) in [6.07, 6.45) is 0. The van der Waals surface area contributed by atoms with Crippen molar-refractivity contribution in [2.45, 2.75) is 0 Å². The standard InChI is InChI=1S/C45H41B14N3S2/c46-25-21-22-27(48)31(52)34(55)38(59)42(22)64-41(21)35(56)29(50)24(25)45-61-43(16-11-9-15(10-12-16)18-8-4-7-17(13-18)14-5-2-1-3-6-14)60-44(62-45)23-19-20-26(47)30(51)33(54)37(58)40(20)63-39(19)36(57)32(53)28(23)49/h1-13H,46-59H2. The Kier molecular flexibility index (Phi) is 10.6. The van der Waals surface area contributed by atoms with Crippen LogP contribution in [0.25, 0.3) is 96.8 Å². The smallest absolute Gasteiger partial charge is 0.164 e. The van der Waals surface area contributed by atoms with Gasteiger partial charge >= 0.3 is 0 Å². The summed E-state index contributed by atoms with van der Waals surface area (Å²) >= 11 is 3.87. The van der Waals surface area contributed by atoms with E-state index in [1.807, 2.05) is 22.7 Å². The third-order valence-electron chi connectivity index (χ3n) is 15.3. The zero-order valence-electron chi connectivity index (χ0n) is 39.7. The number of hydrogen-bond donors (Lipinski definition) is 0. The average molecular weight is 839 g/mol. The van der Waals surface area contributed by atoms with Crippen molar-refractivity contribution < 1.29 is 0 Å². The Bertz CT molecular complexity index is 3670. The molecule has 0 bridgehead atoms. The quantitative estimate of drug-likeness (QED) is 0.162. The van der Waals surface area contributed by atoms with E-state index in [0.29, 0.717) is 5.82 Å². The zero-order valence-corrected chi connectivity index (χ0v) is 41.3. The molecule has 64 heavy (non-hydrogen) atoms. The van der Waals surface area contributed by atoms with Crippen molar-refractivity contribution in [1.82, 2.24) is 15.0 Å². The van der Waals surface area contributed by atoms with Crippen molar-refractivity contribution >= 4 is 249 Å². The molecule has 290 valence electrons. The van der Waals surface area contributed by atoms with Crippen LogP contribution < -0.4 is 76.5 Å². The van der Waals surface area contributed by atoms with E-state index in [1.54, 1.807) is 0 Å². The Hall–Kier alpha value is -5.10. The molecular formula is C45H41B14N3S2. The van der Waals surface area contributed by atoms with Gasteiger partial charge in [-0.2, -0.15) is 0 Å². The maximum absolute atomic E-state index is 5.65. The number of rotatable bonds is 5. The highest BCUT2D eigenvalue weighted by molar-refractivity contribution is 7.29. The fourth-order valence-electron chi connectivity index (χ4n) is 10.3. The molecule has 3 nitrogen and oxygen atoms in total. The lowest BCUT2D eigenvalue weighted by Crippen LogP contribution is -2.47. The number of nitrogens with zero attached hydrogens (tertiary/aromatic N) is 3. The molecule has 3 heterocycles. The first-order chi connectivity index (χ1) is 30.6. The Morgan fingerprint density at radius 1 is 0.266 bits per heavy atom. The number of fused-ring (bicyclic) bond motifs is 6. The molecule has 0 unspecified atom stereocenters. The van der Waals surface area contributed by atoms with Gasteiger partial charge in [-0.1, -0.05) is 127 Å². The SMILES string of the molecule is Bc1c(B)c(B)c2c(sc3c(B)c(B)c(-c4nc(-c5ccc(-c6cccc(-c7ccccc7)c6)cc5)nc(-c5c(B)c(B)c(B)c6sc7c(B)c(B)c(B)c(B)c7c56)n4)c(B)c32)c1B. The van der Waals surface area contributed by atoms with Gasteiger partial charge in [0.1, 0.15) is 110 Å². The second-order valence-electron chi connectivity index (χ2n) is 18.4. The predicted octanol–water partition coefficient (Wildman–Crippen LogP) is -11.4. The lowest BCUT2D eigenvalue weighted by atomic mass is 9.64. The lowest BCUT2D eigenvalue weighted by molar-refractivity contribution is 1.08. The summed E-state index contributed by atoms with van der Waals surface area (Å²) in [5.41, 5.74) is 26.4. The zero-order chi connectivity index (χ0) is 45.2. The van der Waals surface area contributed by atoms with Crippen molar-refractivity contribution in [3.63, 3.8) is 0 Å². The number of benzene rings is 7. The molecule has 0 N–H and O–H groups in total. The van der Waals surface area contributed by atoms with Crippen molar-refractivity contribution in [1.29, 1.82) is 0 Å². The van der Waals surface area contributed by atoms with Gasteiger partial charge in [-0.3, -0.25) is 0 Å². The fraction of sp³-hybridized carbons (Fsp3) is 0. The number of thiophene rings is 2. The fourth-order valence-corrected chi connectivity index (χ4v) is 13.3. The van der Waals surface area contributed by atoms with Gasteiger partial charge in [0.2, 0.25) is 0 Å². The summed E-state index contributed by atoms with van der Waals surface area (Å²) in [5.74, 6) is 2.13. The minimum Gasteiger partial charge on any atom is -0.208 e. The molecule has 0 amide bonds. The van der Waals surface area contributed by atoms with E-state index in [1.165, 1.54) is 134 Å². The van der Waals surface area contributed by atoms with Crippen LogP contribution >= 0.6 is 22.7 Å². The molecule has 0 aliphatic rings. The molecule has 0 aliphatic carbocycles. The molecule has 0 radical (unpaired) electrons. The van der Waals surface area contributed by atoms with Crippen molar-refractivity contribution in [2.24, 2.45) is 0 Å². The first-order valence-corrected chi connectivity index (χ1v) is 24.1. The number of aromatic nitrogens is 3. The highest BCUT2D eigenvalue weighted by Gasteiger charge is 2.27. The van der Waals surface area contributed by atoms with Gasteiger partial charge in [-0.15, -0.1) is 44.5 Å². The Morgan fingerprint density at radius 2 is 0.625 bits per heavy atom. The summed E-state index contributed by atoms with van der Waals surface area (Å²) in [7, 11) is 32.0. The molecule has 19 heteroatoms. The second-order valence-corrected chi connectivity index (χ2v) is 20.4. The Labute approximate surface area is 397 Å². The van der Waals surface area contributed by atoms with Crippen LogP contribution in [0.5, 0.6) is 0 Å². The molecule has 0 aliphatic heterocycles. The first-order valence-electron chi connectivity index (χ1n) is 22.5. The van der Waals surface area contributed by atoms with E-state index in [0.717, 1.165) is 33.9 Å². The van der Waals surface area contributed by atoms with Crippen molar-refractivity contribution in [3.8, 4) is 56.4 Å². The summed E-state index contributed by atoms with van der Waals surface area (Å²) in [4.78, 5) is 16.7. The Balaban J connectivity index is 1.27. The molecule has 10 rings (SSSR count). The van der Waals surface area contributed by atoms with Crippen LogP contribution in [0.3, 0.4) is 0 Å². The van der Waals surface area contributed by atoms with Gasteiger partial charge < -0.3 is 0 Å². The minimum atomic E-state index is 0.681. The van der Waals surface area contributed by atoms with Gasteiger partial charge in [0.05, 0.1) is 0 Å². The van der Waals surface area contributed by atoms with E-state index in [9.17, 15) is 0 Å². The largest absolute Gasteiger partial charge is 0.208 e. The molecular weight excluding hydrogens is 798 g/mol. The van der Waals surface area contributed by atoms with E-state index in [2.05, 4.69) is 189 Å². The van der Waals surface area contributed by atoms with Crippen LogP contribution in [0.1, 0.15) is 0 Å². The van der Waals surface area contributed by atoms with Crippen LogP contribution in [-0.2, 0) is 0 Å². The Morgan fingerprint density at radius 3 is 1.17 bits per heavy atom. The third-order valence-corrected chi connectivity index (χ3v) is 18.1. The van der Waals surface area contributed by atoms with Crippen molar-refractivity contribution in [3.05, 3.63) is 78.9 Å². The summed E-state index contributed by atoms with van der Waals surface area (Å²) < 4.78 is 5.43. The van der Waals surface area contributed by atoms with Crippen LogP contribution in [0.15, 0.2) is 78.9 Å². The normalized spacial score (nSPS) is 11.7. The number of hydrogen-bond acceptors (Lipinski definition) is 5. The van der Waals surface area contributed by atoms with E-state index in [4.69, 9.17) is 15.0 Å². The summed E-state index contributed by atoms with van der Waals surface area (Å²) in [6, 6.07) is 28.2. The molecule has 10 aromatic rings. The maximum Gasteiger partial charge on any atom is 0.164 e. The molecule has 3 aromatic heterocycles. The minimum absolute atomic E-state index is 0.681. The highest BCUT2D eigenvalue weighted by atomic mass is 32.1. The van der Waals surface area contributed by atoms with Crippen LogP contribution in [0.2, 0.25) is 0 Å². The summed E-state index contributed by atoms with van der Waals surface area (Å²) in [6.45, 7) is 0. The van der Waals surface area contributed by atoms with Gasteiger partial charge in [0.15, 0.2) is 17.5 Å². The monoisotopic (exact) mass is 841 g/mol. The topological polar surface area (TPSA) is 38.7 Å². The molecule has 0 fully saturated rings. The molecule has 0 saturated carbocycles. The molecule has 0 atom stereocenters. The van der Waals surface area contributed by atoms with Crippen LogP contribution in [0.4, 0.5) is 0 Å². The first kappa shape index (κ1) is 42.8. The molecule has 0 saturated heterocycles.